The summed E-state index contributed by atoms with van der Waals surface area (Å²) in [5.41, 5.74) is 0.821. The summed E-state index contributed by atoms with van der Waals surface area (Å²) < 4.78 is 7.42. The van der Waals surface area contributed by atoms with E-state index in [-0.39, 0.29) is 5.75 Å². The Labute approximate surface area is 162 Å². The van der Waals surface area contributed by atoms with Gasteiger partial charge >= 0.3 is 5.63 Å². The molecule has 0 bridgehead atoms. The molecule has 1 aromatic carbocycles. The molecule has 0 atom stereocenters. The summed E-state index contributed by atoms with van der Waals surface area (Å²) in [5, 5.41) is 22.2. The molecule has 0 saturated heterocycles. The Morgan fingerprint density at radius 2 is 2.15 bits per heavy atom. The van der Waals surface area contributed by atoms with Crippen molar-refractivity contribution in [1.82, 2.24) is 14.8 Å². The molecule has 3 heterocycles. The van der Waals surface area contributed by atoms with E-state index in [2.05, 4.69) is 20.8 Å². The zero-order chi connectivity index (χ0) is 18.4. The van der Waals surface area contributed by atoms with Crippen LogP contribution in [0.2, 0.25) is 0 Å². The summed E-state index contributed by atoms with van der Waals surface area (Å²) >= 11 is 3.22. The Morgan fingerprint density at radius 1 is 1.26 bits per heavy atom. The number of rotatable bonds is 5. The maximum atomic E-state index is 11.9. The fourth-order valence-electron chi connectivity index (χ4n) is 3.09. The predicted octanol–water partition coefficient (Wildman–Crippen LogP) is 4.45. The van der Waals surface area contributed by atoms with Crippen molar-refractivity contribution in [2.45, 2.75) is 29.8 Å². The Balaban J connectivity index is 1.49. The molecular weight excluding hydrogens is 382 g/mol. The van der Waals surface area contributed by atoms with Gasteiger partial charge in [-0.25, -0.2) is 4.79 Å². The Bertz CT molecular complexity index is 1180. The van der Waals surface area contributed by atoms with Crippen molar-refractivity contribution in [3.63, 3.8) is 0 Å². The van der Waals surface area contributed by atoms with Gasteiger partial charge in [-0.2, -0.15) is 0 Å². The molecule has 6 nitrogen and oxygen atoms in total. The molecule has 1 N–H and O–H groups in total. The number of thioether (sulfide) groups is 1. The van der Waals surface area contributed by atoms with Gasteiger partial charge in [0, 0.05) is 29.3 Å². The first-order chi connectivity index (χ1) is 13.2. The van der Waals surface area contributed by atoms with E-state index >= 15 is 0 Å². The van der Waals surface area contributed by atoms with Gasteiger partial charge < -0.3 is 9.52 Å². The summed E-state index contributed by atoms with van der Waals surface area (Å²) in [7, 11) is 0. The van der Waals surface area contributed by atoms with Crippen LogP contribution in [0.4, 0.5) is 0 Å². The van der Waals surface area contributed by atoms with Crippen molar-refractivity contribution in [3.8, 4) is 16.5 Å². The van der Waals surface area contributed by atoms with Crippen LogP contribution < -0.4 is 5.63 Å². The van der Waals surface area contributed by atoms with Crippen LogP contribution in [0.15, 0.2) is 56.1 Å². The van der Waals surface area contributed by atoms with Crippen LogP contribution in [0, 0.1) is 0 Å². The zero-order valence-corrected chi connectivity index (χ0v) is 15.8. The number of nitrogens with zero attached hydrogens (tertiary/aromatic N) is 3. The number of phenolic OH excluding ortho intramolecular Hbond substituents is 1. The van der Waals surface area contributed by atoms with Crippen LogP contribution in [0.25, 0.3) is 21.7 Å². The monoisotopic (exact) mass is 397 g/mol. The highest BCUT2D eigenvalue weighted by Crippen LogP contribution is 2.42. The lowest BCUT2D eigenvalue weighted by Gasteiger charge is -2.09. The highest BCUT2D eigenvalue weighted by molar-refractivity contribution is 7.98. The first-order valence-corrected chi connectivity index (χ1v) is 10.4. The molecule has 0 unspecified atom stereocenters. The quantitative estimate of drug-likeness (QED) is 0.396. The third kappa shape index (κ3) is 3.15. The second-order valence-corrected chi connectivity index (χ2v) is 8.33. The number of aromatic nitrogens is 3. The number of fused-ring (bicyclic) bond motifs is 1. The fraction of sp³-hybridized carbons (Fsp3) is 0.211. The lowest BCUT2D eigenvalue weighted by molar-refractivity contribution is 0.473. The van der Waals surface area contributed by atoms with Crippen molar-refractivity contribution in [2.75, 3.05) is 0 Å². The van der Waals surface area contributed by atoms with E-state index in [1.54, 1.807) is 35.2 Å². The molecule has 0 aliphatic heterocycles. The SMILES string of the molecule is O=c1cc(CSc2nnc(-c3cccs3)n2C2CC2)c2ccc(O)cc2o1. The summed E-state index contributed by atoms with van der Waals surface area (Å²) in [5.74, 6) is 1.56. The molecule has 27 heavy (non-hydrogen) atoms. The highest BCUT2D eigenvalue weighted by Gasteiger charge is 2.30. The highest BCUT2D eigenvalue weighted by atomic mass is 32.2. The van der Waals surface area contributed by atoms with E-state index in [1.165, 1.54) is 12.1 Å². The predicted molar refractivity (Wildman–Crippen MR) is 105 cm³/mol. The lowest BCUT2D eigenvalue weighted by Crippen LogP contribution is -2.01. The minimum Gasteiger partial charge on any atom is -0.508 e. The third-order valence-electron chi connectivity index (χ3n) is 4.49. The maximum Gasteiger partial charge on any atom is 0.336 e. The van der Waals surface area contributed by atoms with E-state index in [9.17, 15) is 9.90 Å². The number of hydrogen-bond acceptors (Lipinski definition) is 7. The number of thiophene rings is 1. The normalized spacial score (nSPS) is 14.1. The average molecular weight is 397 g/mol. The first-order valence-electron chi connectivity index (χ1n) is 8.56. The maximum absolute atomic E-state index is 11.9. The van der Waals surface area contributed by atoms with E-state index in [4.69, 9.17) is 4.42 Å². The molecule has 1 aliphatic carbocycles. The van der Waals surface area contributed by atoms with Gasteiger partial charge in [-0.15, -0.1) is 21.5 Å². The Hall–Kier alpha value is -2.58. The first kappa shape index (κ1) is 16.6. The third-order valence-corrected chi connectivity index (χ3v) is 6.35. The average Bonchev–Trinajstić information content (AvgIpc) is 3.17. The molecule has 4 aromatic rings. The summed E-state index contributed by atoms with van der Waals surface area (Å²) in [4.78, 5) is 13.0. The van der Waals surface area contributed by atoms with Crippen LogP contribution in [-0.2, 0) is 5.75 Å². The molecule has 1 fully saturated rings. The molecule has 136 valence electrons. The second kappa shape index (κ2) is 6.54. The van der Waals surface area contributed by atoms with Crippen molar-refractivity contribution in [1.29, 1.82) is 0 Å². The summed E-state index contributed by atoms with van der Waals surface area (Å²) in [6, 6.07) is 10.9. The fourth-order valence-corrected chi connectivity index (χ4v) is 4.79. The van der Waals surface area contributed by atoms with E-state index in [0.717, 1.165) is 39.6 Å². The summed E-state index contributed by atoms with van der Waals surface area (Å²) in [6.45, 7) is 0. The molecule has 0 radical (unpaired) electrons. The van der Waals surface area contributed by atoms with Gasteiger partial charge in [-0.1, -0.05) is 17.8 Å². The van der Waals surface area contributed by atoms with Crippen LogP contribution in [-0.4, -0.2) is 19.9 Å². The molecule has 0 spiro atoms. The largest absolute Gasteiger partial charge is 0.508 e. The van der Waals surface area contributed by atoms with Crippen molar-refractivity contribution in [3.05, 3.63) is 57.8 Å². The van der Waals surface area contributed by atoms with Gasteiger partial charge in [0.25, 0.3) is 0 Å². The van der Waals surface area contributed by atoms with Crippen LogP contribution in [0.1, 0.15) is 24.4 Å². The minimum atomic E-state index is -0.424. The van der Waals surface area contributed by atoms with Crippen molar-refractivity contribution >= 4 is 34.1 Å². The molecule has 3 aromatic heterocycles. The van der Waals surface area contributed by atoms with Gasteiger partial charge in [0.1, 0.15) is 11.3 Å². The van der Waals surface area contributed by atoms with Gasteiger partial charge in [-0.05, 0) is 42.0 Å². The van der Waals surface area contributed by atoms with Crippen molar-refractivity contribution in [2.24, 2.45) is 0 Å². The second-order valence-electron chi connectivity index (χ2n) is 6.44. The van der Waals surface area contributed by atoms with E-state index in [1.807, 2.05) is 11.4 Å². The van der Waals surface area contributed by atoms with Crippen molar-refractivity contribution < 1.29 is 9.52 Å². The minimum absolute atomic E-state index is 0.0736. The molecule has 8 heteroatoms. The van der Waals surface area contributed by atoms with E-state index in [0.29, 0.717) is 17.4 Å². The van der Waals surface area contributed by atoms with Crippen LogP contribution in [0.5, 0.6) is 5.75 Å². The van der Waals surface area contributed by atoms with Gasteiger partial charge in [0.05, 0.1) is 4.88 Å². The number of benzene rings is 1. The number of hydrogen-bond donors (Lipinski definition) is 1. The number of aromatic hydroxyl groups is 1. The van der Waals surface area contributed by atoms with Crippen LogP contribution in [0.3, 0.4) is 0 Å². The Kier molecular flexibility index (Phi) is 4.02. The zero-order valence-electron chi connectivity index (χ0n) is 14.2. The number of phenols is 1. The van der Waals surface area contributed by atoms with Gasteiger partial charge in [0.2, 0.25) is 0 Å². The summed E-state index contributed by atoms with van der Waals surface area (Å²) in [6.07, 6.45) is 2.28. The molecule has 0 amide bonds. The molecule has 5 rings (SSSR count). The molecular formula is C19H15N3O3S2. The van der Waals surface area contributed by atoms with Gasteiger partial charge in [0.15, 0.2) is 11.0 Å². The lowest BCUT2D eigenvalue weighted by atomic mass is 10.1. The standard InChI is InChI=1S/C19H15N3O3S2/c23-13-5-6-14-11(8-17(24)25-15(14)9-13)10-27-19-21-20-18(16-2-1-7-26-16)22(19)12-3-4-12/h1-2,5-9,12,23H,3-4,10H2. The Morgan fingerprint density at radius 3 is 2.93 bits per heavy atom. The molecule has 1 saturated carbocycles. The van der Waals surface area contributed by atoms with E-state index < -0.39 is 5.63 Å². The van der Waals surface area contributed by atoms with Crippen LogP contribution >= 0.6 is 23.1 Å². The topological polar surface area (TPSA) is 81.2 Å². The smallest absolute Gasteiger partial charge is 0.336 e. The molecule has 1 aliphatic rings. The van der Waals surface area contributed by atoms with Gasteiger partial charge in [-0.3, -0.25) is 4.57 Å².